The quantitative estimate of drug-likeness (QED) is 0.0311. The Morgan fingerprint density at radius 3 is 1.01 bits per heavy atom. The van der Waals surface area contributed by atoms with Crippen molar-refractivity contribution in [1.82, 2.24) is 0 Å². The summed E-state index contributed by atoms with van der Waals surface area (Å²) in [6.07, 6.45) is 34.4. The van der Waals surface area contributed by atoms with E-state index in [9.17, 15) is 14.4 Å². The number of ether oxygens (including phenoxy) is 6. The van der Waals surface area contributed by atoms with Crippen LogP contribution < -0.4 is 0 Å². The summed E-state index contributed by atoms with van der Waals surface area (Å²) < 4.78 is 38.0. The molecule has 4 rings (SSSR count). The first-order valence-electron chi connectivity index (χ1n) is 29.0. The molecule has 0 spiro atoms. The van der Waals surface area contributed by atoms with E-state index in [4.69, 9.17) is 28.4 Å². The maximum absolute atomic E-state index is 14.0. The molecule has 3 aromatic rings. The summed E-state index contributed by atoms with van der Waals surface area (Å²) in [6, 6.07) is 25.8. The number of carbonyl (C=O) groups excluding carboxylic acids is 3. The molecule has 401 valence electrons. The van der Waals surface area contributed by atoms with E-state index >= 15 is 0 Å². The lowest BCUT2D eigenvalue weighted by Crippen LogP contribution is -2.62. The summed E-state index contributed by atoms with van der Waals surface area (Å²) in [5, 5.41) is 0. The van der Waals surface area contributed by atoms with Gasteiger partial charge in [0.15, 0.2) is 24.6 Å². The van der Waals surface area contributed by atoms with Gasteiger partial charge in [0.1, 0.15) is 12.7 Å². The van der Waals surface area contributed by atoms with Gasteiger partial charge in [0.05, 0.1) is 16.7 Å². The van der Waals surface area contributed by atoms with Gasteiger partial charge >= 0.3 is 17.9 Å². The first-order chi connectivity index (χ1) is 35.5. The number of unbranched alkanes of at least 4 members (excludes halogenated alkanes) is 30. The van der Waals surface area contributed by atoms with Crippen LogP contribution >= 0.6 is 0 Å². The lowest BCUT2D eigenvalue weighted by atomic mass is 9.97. The normalized spacial score (nSPS) is 17.7. The van der Waals surface area contributed by atoms with Crippen LogP contribution in [0.5, 0.6) is 0 Å². The number of esters is 3. The zero-order chi connectivity index (χ0) is 50.9. The Morgan fingerprint density at radius 2 is 0.667 bits per heavy atom. The van der Waals surface area contributed by atoms with Crippen LogP contribution in [-0.2, 0) is 28.4 Å². The number of hydrogen-bond donors (Lipinski definition) is 0. The molecule has 0 saturated carbocycles. The second kappa shape index (κ2) is 40.4. The molecule has 0 N–H and O–H groups in total. The molecule has 3 aromatic carbocycles. The van der Waals surface area contributed by atoms with Crippen LogP contribution in [0.2, 0.25) is 0 Å². The van der Waals surface area contributed by atoms with Gasteiger partial charge in [-0.25, -0.2) is 14.4 Å². The highest BCUT2D eigenvalue weighted by molar-refractivity contribution is 5.91. The third kappa shape index (κ3) is 26.2. The summed E-state index contributed by atoms with van der Waals surface area (Å²) in [7, 11) is 0. The van der Waals surface area contributed by atoms with Crippen molar-refractivity contribution in [1.29, 1.82) is 0 Å². The maximum atomic E-state index is 14.0. The number of carbonyl (C=O) groups is 3. The van der Waals surface area contributed by atoms with E-state index in [-0.39, 0.29) is 5.56 Å². The first-order valence-corrected chi connectivity index (χ1v) is 29.0. The van der Waals surface area contributed by atoms with E-state index in [2.05, 4.69) is 13.8 Å². The molecule has 0 bridgehead atoms. The van der Waals surface area contributed by atoms with Crippen molar-refractivity contribution < 1.29 is 42.8 Å². The van der Waals surface area contributed by atoms with Crippen molar-refractivity contribution in [3.05, 3.63) is 114 Å². The van der Waals surface area contributed by atoms with E-state index in [1.165, 1.54) is 174 Å². The van der Waals surface area contributed by atoms with E-state index < -0.39 is 48.6 Å². The van der Waals surface area contributed by atoms with Crippen LogP contribution in [0.1, 0.15) is 250 Å². The monoisotopic (exact) mass is 996 g/mol. The lowest BCUT2D eigenvalue weighted by molar-refractivity contribution is -0.293. The molecular weight excluding hydrogens is 901 g/mol. The Labute approximate surface area is 436 Å². The maximum Gasteiger partial charge on any atom is 0.338 e. The average Bonchev–Trinajstić information content (AvgIpc) is 3.41. The zero-order valence-corrected chi connectivity index (χ0v) is 44.8. The standard InChI is InChI=1S/C63H95O9/c1-3-5-7-9-11-13-15-17-19-21-23-25-27-29-31-42-50-67-52-56-57(70-60(64)53-44-36-33-37-45-53)58(71-61(65)54-46-38-34-39-47-54)59(72-62(66)55-48-40-35-41-49-55)63(69-56)68-51-43-32-30-28-26-24-22-20-18-16-14-12-10-8-6-4-2/h33-41,44-49,52,56-59,63H,3-32,42-43,50-51H2,1-2H3/t56-,57-,58+,59-,63+/m1/s1. The summed E-state index contributed by atoms with van der Waals surface area (Å²) in [4.78, 5) is 41.7. The summed E-state index contributed by atoms with van der Waals surface area (Å²) in [5.41, 5.74) is 0.894. The molecule has 1 fully saturated rings. The fourth-order valence-electron chi connectivity index (χ4n) is 9.52. The largest absolute Gasteiger partial charge is 0.452 e. The van der Waals surface area contributed by atoms with Crippen LogP contribution in [0.4, 0.5) is 0 Å². The summed E-state index contributed by atoms with van der Waals surface area (Å²) in [6.45, 7) is 6.83. The van der Waals surface area contributed by atoms with Crippen LogP contribution in [-0.4, -0.2) is 61.8 Å². The smallest absolute Gasteiger partial charge is 0.338 e. The fraction of sp³-hybridized carbons (Fsp3) is 0.651. The van der Waals surface area contributed by atoms with E-state index in [1.54, 1.807) is 72.8 Å². The molecule has 9 nitrogen and oxygen atoms in total. The third-order valence-corrected chi connectivity index (χ3v) is 13.9. The zero-order valence-electron chi connectivity index (χ0n) is 44.8. The van der Waals surface area contributed by atoms with Crippen molar-refractivity contribution in [2.24, 2.45) is 0 Å². The Morgan fingerprint density at radius 1 is 0.375 bits per heavy atom. The molecule has 1 radical (unpaired) electrons. The molecule has 1 saturated heterocycles. The van der Waals surface area contributed by atoms with Gasteiger partial charge in [-0.05, 0) is 49.2 Å². The highest BCUT2D eigenvalue weighted by Gasteiger charge is 2.53. The second-order valence-corrected chi connectivity index (χ2v) is 20.2. The molecule has 0 unspecified atom stereocenters. The fourth-order valence-corrected chi connectivity index (χ4v) is 9.52. The van der Waals surface area contributed by atoms with Crippen molar-refractivity contribution in [2.45, 2.75) is 250 Å². The average molecular weight is 996 g/mol. The third-order valence-electron chi connectivity index (χ3n) is 13.9. The van der Waals surface area contributed by atoms with Gasteiger partial charge in [0, 0.05) is 13.2 Å². The van der Waals surface area contributed by atoms with Crippen LogP contribution in [0.25, 0.3) is 0 Å². The number of hydrogen-bond acceptors (Lipinski definition) is 9. The minimum atomic E-state index is -1.33. The van der Waals surface area contributed by atoms with E-state index in [1.807, 2.05) is 18.2 Å². The summed E-state index contributed by atoms with van der Waals surface area (Å²) in [5.74, 6) is -1.98. The van der Waals surface area contributed by atoms with Crippen LogP contribution in [0.15, 0.2) is 91.0 Å². The van der Waals surface area contributed by atoms with Crippen molar-refractivity contribution in [3.63, 3.8) is 0 Å². The molecule has 1 heterocycles. The summed E-state index contributed by atoms with van der Waals surface area (Å²) >= 11 is 0. The SMILES string of the molecule is CCCCCCCCCCCCCCCCCCO[CH][C@H]1O[C@H](OCCCCCCCCCCCCCCCCCC)[C@H](OC(=O)c2ccccc2)[C@@H](OC(=O)c2ccccc2)[C@@H]1OC(=O)c1ccccc1. The lowest BCUT2D eigenvalue weighted by Gasteiger charge is -2.44. The number of benzene rings is 3. The number of rotatable bonds is 43. The van der Waals surface area contributed by atoms with Gasteiger partial charge in [-0.3, -0.25) is 0 Å². The Balaban J connectivity index is 1.35. The first kappa shape index (κ1) is 60.5. The predicted octanol–water partition coefficient (Wildman–Crippen LogP) is 17.1. The Bertz CT molecular complexity index is 1770. The van der Waals surface area contributed by atoms with Crippen molar-refractivity contribution >= 4 is 17.9 Å². The van der Waals surface area contributed by atoms with Gasteiger partial charge in [0.2, 0.25) is 0 Å². The van der Waals surface area contributed by atoms with Gasteiger partial charge in [-0.1, -0.05) is 261 Å². The van der Waals surface area contributed by atoms with Gasteiger partial charge in [-0.15, -0.1) is 0 Å². The topological polar surface area (TPSA) is 107 Å². The molecule has 1 aliphatic rings. The Kier molecular flexibility index (Phi) is 33.9. The van der Waals surface area contributed by atoms with E-state index in [0.717, 1.165) is 38.5 Å². The van der Waals surface area contributed by atoms with Crippen LogP contribution in [0, 0.1) is 6.61 Å². The molecule has 0 amide bonds. The molecule has 0 aliphatic carbocycles. The highest BCUT2D eigenvalue weighted by Crippen LogP contribution is 2.33. The minimum Gasteiger partial charge on any atom is -0.452 e. The predicted molar refractivity (Wildman–Crippen MR) is 291 cm³/mol. The molecule has 5 atom stereocenters. The minimum absolute atomic E-state index is 0.288. The second-order valence-electron chi connectivity index (χ2n) is 20.2. The molecule has 9 heteroatoms. The van der Waals surface area contributed by atoms with Gasteiger partial charge in [0.25, 0.3) is 0 Å². The van der Waals surface area contributed by atoms with Crippen molar-refractivity contribution in [2.75, 3.05) is 13.2 Å². The van der Waals surface area contributed by atoms with Gasteiger partial charge in [-0.2, -0.15) is 0 Å². The molecule has 72 heavy (non-hydrogen) atoms. The van der Waals surface area contributed by atoms with E-state index in [0.29, 0.717) is 24.3 Å². The van der Waals surface area contributed by atoms with Gasteiger partial charge < -0.3 is 28.4 Å². The van der Waals surface area contributed by atoms with Crippen LogP contribution in [0.3, 0.4) is 0 Å². The molecule has 1 aliphatic heterocycles. The highest BCUT2D eigenvalue weighted by atomic mass is 16.7. The Hall–Kier alpha value is -4.05. The molecule has 0 aromatic heterocycles. The molecular formula is C63H95O9. The van der Waals surface area contributed by atoms with Crippen molar-refractivity contribution in [3.8, 4) is 0 Å².